The first-order valence-corrected chi connectivity index (χ1v) is 3.47. The molecular weight excluding hydrogens is 128 g/mol. The molecule has 0 saturated heterocycles. The van der Waals surface area contributed by atoms with Gasteiger partial charge in [-0.3, -0.25) is 0 Å². The molecule has 0 N–H and O–H groups in total. The van der Waals surface area contributed by atoms with Gasteiger partial charge in [0.15, 0.2) is 0 Å². The molecule has 0 aromatic carbocycles. The minimum absolute atomic E-state index is 0.377. The van der Waals surface area contributed by atoms with Gasteiger partial charge in [-0.25, -0.2) is 0 Å². The maximum atomic E-state index is 10.2. The van der Waals surface area contributed by atoms with Gasteiger partial charge < -0.3 is 9.90 Å². The highest BCUT2D eigenvalue weighted by Gasteiger charge is 1.95. The molecule has 0 rings (SSSR count). The second kappa shape index (κ2) is 4.09. The molecule has 0 aromatic heterocycles. The zero-order chi connectivity index (χ0) is 8.15. The third-order valence-corrected chi connectivity index (χ3v) is 1.57. The second-order valence-electron chi connectivity index (χ2n) is 2.44. The summed E-state index contributed by atoms with van der Waals surface area (Å²) >= 11 is 0. The lowest BCUT2D eigenvalue weighted by atomic mass is 10.1. The van der Waals surface area contributed by atoms with Gasteiger partial charge in [0.2, 0.25) is 0 Å². The predicted molar refractivity (Wildman–Crippen MR) is 38.3 cm³/mol. The van der Waals surface area contributed by atoms with Crippen molar-refractivity contribution in [1.82, 2.24) is 0 Å². The maximum absolute atomic E-state index is 10.2. The number of carboxylic acid groups (broad SMARTS) is 1. The van der Waals surface area contributed by atoms with E-state index < -0.39 is 5.97 Å². The van der Waals surface area contributed by atoms with E-state index in [1.807, 2.05) is 13.8 Å². The molecule has 0 saturated carbocycles. The Balaban J connectivity index is 4.19. The van der Waals surface area contributed by atoms with Crippen LogP contribution in [0.15, 0.2) is 11.1 Å². The fraction of sp³-hybridized carbons (Fsp3) is 0.625. The predicted octanol–water partition coefficient (Wildman–Crippen LogP) is 0.873. The minimum atomic E-state index is -1.05. The summed E-state index contributed by atoms with van der Waals surface area (Å²) in [5.41, 5.74) is 1.30. The van der Waals surface area contributed by atoms with E-state index in [2.05, 4.69) is 0 Å². The first kappa shape index (κ1) is 9.21. The van der Waals surface area contributed by atoms with E-state index in [0.29, 0.717) is 5.57 Å². The molecule has 2 nitrogen and oxygen atoms in total. The molecule has 58 valence electrons. The van der Waals surface area contributed by atoms with Gasteiger partial charge in [-0.15, -0.1) is 0 Å². The Morgan fingerprint density at radius 2 is 1.90 bits per heavy atom. The number of hydrogen-bond acceptors (Lipinski definition) is 2. The van der Waals surface area contributed by atoms with Gasteiger partial charge in [-0.2, -0.15) is 0 Å². The number of carbonyl (C=O) groups is 1. The minimum Gasteiger partial charge on any atom is -0.545 e. The van der Waals surface area contributed by atoms with Gasteiger partial charge in [0.05, 0.1) is 5.97 Å². The average Bonchev–Trinajstić information content (AvgIpc) is 1.87. The van der Waals surface area contributed by atoms with Gasteiger partial charge in [-0.05, 0) is 25.8 Å². The SMILES string of the molecule is CCC/C(C)=C(\C)C(=O)[O-]. The average molecular weight is 141 g/mol. The van der Waals surface area contributed by atoms with Crippen LogP contribution in [0.25, 0.3) is 0 Å². The van der Waals surface area contributed by atoms with Crippen LogP contribution >= 0.6 is 0 Å². The van der Waals surface area contributed by atoms with E-state index in [0.717, 1.165) is 18.4 Å². The van der Waals surface area contributed by atoms with E-state index >= 15 is 0 Å². The summed E-state index contributed by atoms with van der Waals surface area (Å²) in [4.78, 5) is 10.2. The summed E-state index contributed by atoms with van der Waals surface area (Å²) in [6.45, 7) is 5.43. The van der Waals surface area contributed by atoms with Crippen molar-refractivity contribution in [3.63, 3.8) is 0 Å². The van der Waals surface area contributed by atoms with Crippen LogP contribution in [-0.2, 0) is 4.79 Å². The summed E-state index contributed by atoms with van der Waals surface area (Å²) in [5.74, 6) is -1.05. The van der Waals surface area contributed by atoms with Crippen LogP contribution in [-0.4, -0.2) is 5.97 Å². The van der Waals surface area contributed by atoms with Crippen LogP contribution in [0.1, 0.15) is 33.6 Å². The number of rotatable bonds is 3. The van der Waals surface area contributed by atoms with Crippen molar-refractivity contribution in [2.24, 2.45) is 0 Å². The fourth-order valence-electron chi connectivity index (χ4n) is 0.737. The Morgan fingerprint density at radius 1 is 1.40 bits per heavy atom. The quantitative estimate of drug-likeness (QED) is 0.547. The summed E-state index contributed by atoms with van der Waals surface area (Å²) in [5, 5.41) is 10.2. The second-order valence-corrected chi connectivity index (χ2v) is 2.44. The van der Waals surface area contributed by atoms with Gasteiger partial charge in [0.25, 0.3) is 0 Å². The van der Waals surface area contributed by atoms with Crippen LogP contribution in [0.4, 0.5) is 0 Å². The molecule has 0 aromatic rings. The van der Waals surface area contributed by atoms with Gasteiger partial charge >= 0.3 is 0 Å². The first-order valence-electron chi connectivity index (χ1n) is 3.47. The van der Waals surface area contributed by atoms with E-state index in [1.54, 1.807) is 6.92 Å². The van der Waals surface area contributed by atoms with E-state index in [1.165, 1.54) is 0 Å². The molecule has 0 atom stereocenters. The highest BCUT2D eigenvalue weighted by Crippen LogP contribution is 2.08. The smallest absolute Gasteiger partial charge is 0.0671 e. The zero-order valence-corrected chi connectivity index (χ0v) is 6.73. The Morgan fingerprint density at radius 3 is 2.20 bits per heavy atom. The summed E-state index contributed by atoms with van der Waals surface area (Å²) < 4.78 is 0. The number of carbonyl (C=O) groups excluding carboxylic acids is 1. The molecule has 0 unspecified atom stereocenters. The van der Waals surface area contributed by atoms with Gasteiger partial charge in [0.1, 0.15) is 0 Å². The summed E-state index contributed by atoms with van der Waals surface area (Å²) in [6.07, 6.45) is 1.83. The highest BCUT2D eigenvalue weighted by molar-refractivity contribution is 5.84. The number of carboxylic acids is 1. The van der Waals surface area contributed by atoms with Crippen molar-refractivity contribution in [1.29, 1.82) is 0 Å². The molecule has 0 bridgehead atoms. The summed E-state index contributed by atoms with van der Waals surface area (Å²) in [6, 6.07) is 0. The van der Waals surface area contributed by atoms with Crippen molar-refractivity contribution >= 4 is 5.97 Å². The molecular formula is C8H13O2-. The molecule has 0 aliphatic rings. The molecule has 2 heteroatoms. The Bertz CT molecular complexity index is 157. The van der Waals surface area contributed by atoms with Crippen LogP contribution in [0.2, 0.25) is 0 Å². The van der Waals surface area contributed by atoms with E-state index in [9.17, 15) is 9.90 Å². The fourth-order valence-corrected chi connectivity index (χ4v) is 0.737. The Labute approximate surface area is 61.6 Å². The van der Waals surface area contributed by atoms with Gasteiger partial charge in [-0.1, -0.05) is 18.9 Å². The molecule has 0 fully saturated rings. The van der Waals surface area contributed by atoms with Crippen LogP contribution in [0.5, 0.6) is 0 Å². The number of aliphatic carboxylic acids is 1. The molecule has 0 aliphatic carbocycles. The normalized spacial score (nSPS) is 12.7. The Hall–Kier alpha value is -0.790. The van der Waals surface area contributed by atoms with Crippen molar-refractivity contribution < 1.29 is 9.90 Å². The van der Waals surface area contributed by atoms with Crippen LogP contribution in [0.3, 0.4) is 0 Å². The van der Waals surface area contributed by atoms with Crippen molar-refractivity contribution in [2.75, 3.05) is 0 Å². The van der Waals surface area contributed by atoms with Crippen molar-refractivity contribution in [3.05, 3.63) is 11.1 Å². The molecule has 0 radical (unpaired) electrons. The maximum Gasteiger partial charge on any atom is 0.0671 e. The molecule has 10 heavy (non-hydrogen) atoms. The van der Waals surface area contributed by atoms with Crippen molar-refractivity contribution in [2.45, 2.75) is 33.6 Å². The molecule has 0 amide bonds. The zero-order valence-electron chi connectivity index (χ0n) is 6.73. The molecule has 0 heterocycles. The third-order valence-electron chi connectivity index (χ3n) is 1.57. The topological polar surface area (TPSA) is 40.1 Å². The highest BCUT2D eigenvalue weighted by atomic mass is 16.4. The number of hydrogen-bond donors (Lipinski definition) is 0. The van der Waals surface area contributed by atoms with Crippen molar-refractivity contribution in [3.8, 4) is 0 Å². The van der Waals surface area contributed by atoms with E-state index in [4.69, 9.17) is 0 Å². The van der Waals surface area contributed by atoms with E-state index in [-0.39, 0.29) is 0 Å². The third kappa shape index (κ3) is 2.67. The summed E-state index contributed by atoms with van der Waals surface area (Å²) in [7, 11) is 0. The standard InChI is InChI=1S/C8H14O2/c1-4-5-6(2)7(3)8(9)10/h4-5H2,1-3H3,(H,9,10)/p-1/b7-6+. The first-order chi connectivity index (χ1) is 4.59. The lowest BCUT2D eigenvalue weighted by Crippen LogP contribution is -2.23. The van der Waals surface area contributed by atoms with Crippen LogP contribution in [0, 0.1) is 0 Å². The lowest BCUT2D eigenvalue weighted by molar-refractivity contribution is -0.299. The lowest BCUT2D eigenvalue weighted by Gasteiger charge is -2.06. The molecule has 0 aliphatic heterocycles. The largest absolute Gasteiger partial charge is 0.545 e. The molecule has 0 spiro atoms. The number of allylic oxidation sites excluding steroid dienone is 1. The van der Waals surface area contributed by atoms with Crippen LogP contribution < -0.4 is 5.11 Å². The monoisotopic (exact) mass is 141 g/mol. The van der Waals surface area contributed by atoms with Gasteiger partial charge in [0, 0.05) is 0 Å². The Kier molecular flexibility index (Phi) is 3.77.